The van der Waals surface area contributed by atoms with Gasteiger partial charge < -0.3 is 0 Å². The van der Waals surface area contributed by atoms with Crippen LogP contribution in [0.2, 0.25) is 0 Å². The summed E-state index contributed by atoms with van der Waals surface area (Å²) in [4.78, 5) is 6.57. The van der Waals surface area contributed by atoms with Crippen LogP contribution >= 0.6 is 0 Å². The van der Waals surface area contributed by atoms with Gasteiger partial charge in [-0.1, -0.05) is 101 Å². The van der Waals surface area contributed by atoms with Gasteiger partial charge >= 0.3 is 0 Å². The highest BCUT2D eigenvalue weighted by atomic mass is 15.3. The zero-order valence-electron chi connectivity index (χ0n) is 31.1. The van der Waals surface area contributed by atoms with Crippen molar-refractivity contribution >= 4 is 0 Å². The third-order valence-electron chi connectivity index (χ3n) is 17.3. The van der Waals surface area contributed by atoms with E-state index in [1.165, 1.54) is 128 Å². The van der Waals surface area contributed by atoms with Gasteiger partial charge in [0.15, 0.2) is 0 Å². The molecule has 2 heteroatoms. The Balaban J connectivity index is 0.966. The highest BCUT2D eigenvalue weighted by Gasteiger charge is 2.54. The highest BCUT2D eigenvalue weighted by molar-refractivity contribution is 5.26. The van der Waals surface area contributed by atoms with Gasteiger partial charge in [0.1, 0.15) is 0 Å². The lowest BCUT2D eigenvalue weighted by Crippen LogP contribution is -2.56. The molecule has 268 valence electrons. The molecule has 0 bridgehead atoms. The fraction of sp³-hybridized carbons (Fsp3) is 0.913. The van der Waals surface area contributed by atoms with Gasteiger partial charge in [0.05, 0.1) is 0 Å². The number of fused-ring (bicyclic) bond motifs is 4. The third-order valence-corrected chi connectivity index (χ3v) is 17.3. The second-order valence-corrected chi connectivity index (χ2v) is 19.5. The van der Waals surface area contributed by atoms with Gasteiger partial charge in [0.2, 0.25) is 0 Å². The maximum Gasteiger partial charge on any atom is 0.0318 e. The predicted molar refractivity (Wildman–Crippen MR) is 202 cm³/mol. The van der Waals surface area contributed by atoms with Crippen LogP contribution < -0.4 is 0 Å². The lowest BCUT2D eigenvalue weighted by atomic mass is 9.64. The monoisotopic (exact) mass is 655 g/mol. The molecule has 1 saturated heterocycles. The molecule has 2 nitrogen and oxygen atoms in total. The van der Waals surface area contributed by atoms with Crippen molar-refractivity contribution in [1.82, 2.24) is 9.80 Å². The molecule has 1 heterocycles. The van der Waals surface area contributed by atoms with Crippen molar-refractivity contribution in [1.29, 1.82) is 0 Å². The van der Waals surface area contributed by atoms with Crippen LogP contribution in [-0.2, 0) is 0 Å². The molecule has 0 spiro atoms. The summed E-state index contributed by atoms with van der Waals surface area (Å²) in [6.45, 7) is 0. The fourth-order valence-electron chi connectivity index (χ4n) is 15.1. The normalized spacial score (nSPS) is 44.9. The van der Waals surface area contributed by atoms with E-state index in [1.807, 2.05) is 5.57 Å². The first-order chi connectivity index (χ1) is 23.8. The number of nitrogens with zero attached hydrogens (tertiary/aromatic N) is 2. The Kier molecular flexibility index (Phi) is 10.5. The van der Waals surface area contributed by atoms with Crippen molar-refractivity contribution < 1.29 is 0 Å². The summed E-state index contributed by atoms with van der Waals surface area (Å²) in [7, 11) is 0. The van der Waals surface area contributed by atoms with E-state index in [0.29, 0.717) is 0 Å². The van der Waals surface area contributed by atoms with Crippen LogP contribution in [0.25, 0.3) is 0 Å². The third kappa shape index (κ3) is 6.61. The van der Waals surface area contributed by atoms with E-state index in [9.17, 15) is 0 Å². The van der Waals surface area contributed by atoms with Crippen LogP contribution in [0.4, 0.5) is 0 Å². The van der Waals surface area contributed by atoms with Crippen LogP contribution in [0.5, 0.6) is 0 Å². The maximum atomic E-state index is 3.39. The molecule has 48 heavy (non-hydrogen) atoms. The largest absolute Gasteiger partial charge is 0.294 e. The molecule has 8 aliphatic carbocycles. The molecule has 0 N–H and O–H groups in total. The first kappa shape index (κ1) is 33.3. The topological polar surface area (TPSA) is 6.48 Å². The Labute approximate surface area is 296 Å². The zero-order valence-corrected chi connectivity index (χ0v) is 31.1. The quantitative estimate of drug-likeness (QED) is 0.263. The number of rotatable bonds is 6. The van der Waals surface area contributed by atoms with Crippen LogP contribution in [0.3, 0.4) is 0 Å². The SMILES string of the molecule is C1=CC[C@H](N2C3CCCC[C@H]3[C@H]3CC4C(=CC32)CCCC4N(C2CCC(C3CCCCC3)CC2)C2CCC(C3CCCCC3)CC2)CC1. The molecule has 6 saturated carbocycles. The Morgan fingerprint density at radius 3 is 1.75 bits per heavy atom. The smallest absolute Gasteiger partial charge is 0.0318 e. The van der Waals surface area contributed by atoms with Gasteiger partial charge in [-0.3, -0.25) is 9.80 Å². The molecule has 0 aromatic carbocycles. The Bertz CT molecular complexity index is 1060. The molecule has 4 unspecified atom stereocenters. The van der Waals surface area contributed by atoms with Gasteiger partial charge in [-0.25, -0.2) is 0 Å². The maximum absolute atomic E-state index is 3.39. The van der Waals surface area contributed by atoms with Crippen LogP contribution in [-0.4, -0.2) is 46.1 Å². The van der Waals surface area contributed by atoms with E-state index in [2.05, 4.69) is 28.0 Å². The van der Waals surface area contributed by atoms with E-state index in [0.717, 1.165) is 77.7 Å². The second-order valence-electron chi connectivity index (χ2n) is 19.5. The minimum Gasteiger partial charge on any atom is -0.294 e. The van der Waals surface area contributed by atoms with Crippen LogP contribution in [0.15, 0.2) is 23.8 Å². The van der Waals surface area contributed by atoms with Crippen molar-refractivity contribution in [3.05, 3.63) is 23.8 Å². The molecule has 7 fully saturated rings. The number of hydrogen-bond acceptors (Lipinski definition) is 2. The molecule has 1 aliphatic heterocycles. The Morgan fingerprint density at radius 2 is 1.12 bits per heavy atom. The first-order valence-electron chi connectivity index (χ1n) is 22.7. The molecule has 0 amide bonds. The van der Waals surface area contributed by atoms with Gasteiger partial charge in [-0.05, 0) is 151 Å². The molecule has 9 rings (SSSR count). The highest BCUT2D eigenvalue weighted by Crippen LogP contribution is 2.55. The molecule has 7 atom stereocenters. The lowest BCUT2D eigenvalue weighted by Gasteiger charge is -2.54. The fourth-order valence-corrected chi connectivity index (χ4v) is 15.1. The average molecular weight is 655 g/mol. The van der Waals surface area contributed by atoms with Crippen LogP contribution in [0, 0.1) is 41.4 Å². The lowest BCUT2D eigenvalue weighted by molar-refractivity contribution is -0.0198. The van der Waals surface area contributed by atoms with E-state index in [1.54, 1.807) is 57.8 Å². The van der Waals surface area contributed by atoms with Gasteiger partial charge in [-0.15, -0.1) is 0 Å². The van der Waals surface area contributed by atoms with Gasteiger partial charge in [0.25, 0.3) is 0 Å². The minimum atomic E-state index is 0.768. The number of likely N-dealkylation sites (tertiary alicyclic amines) is 1. The van der Waals surface area contributed by atoms with Crippen molar-refractivity contribution in [2.45, 2.75) is 222 Å². The summed E-state index contributed by atoms with van der Waals surface area (Å²) in [5.41, 5.74) is 1.96. The summed E-state index contributed by atoms with van der Waals surface area (Å²) in [5.74, 6) is 7.08. The summed E-state index contributed by atoms with van der Waals surface area (Å²) in [6, 6.07) is 5.11. The molecular formula is C46H74N2. The molecule has 0 aromatic heterocycles. The summed E-state index contributed by atoms with van der Waals surface area (Å²) >= 11 is 0. The standard InChI is InChI=1S/C46H74N2/c1-4-13-33(14-5-1)35-23-27-39(28-24-35)47(40-29-25-36(26-30-40)34-15-6-2-7-16-34)45-22-12-17-37-31-46-43(32-42(37)45)41-20-10-11-21-44(41)48(46)38-18-8-3-9-19-38/h3,8,31,33-36,38-46H,1-2,4-7,9-30,32H2/t35?,36?,38-,39?,40?,41-,42?,43+,44?,45?,46?/m0/s1. The van der Waals surface area contributed by atoms with Crippen molar-refractivity contribution in [2.24, 2.45) is 41.4 Å². The Hall–Kier alpha value is -0.600. The van der Waals surface area contributed by atoms with E-state index >= 15 is 0 Å². The predicted octanol–water partition coefficient (Wildman–Crippen LogP) is 12.0. The van der Waals surface area contributed by atoms with Crippen molar-refractivity contribution in [3.63, 3.8) is 0 Å². The van der Waals surface area contributed by atoms with E-state index in [4.69, 9.17) is 0 Å². The molecule has 9 aliphatic rings. The first-order valence-corrected chi connectivity index (χ1v) is 22.7. The average Bonchev–Trinajstić information content (AvgIpc) is 3.49. The van der Waals surface area contributed by atoms with E-state index < -0.39 is 0 Å². The van der Waals surface area contributed by atoms with Gasteiger partial charge in [0, 0.05) is 36.3 Å². The Morgan fingerprint density at radius 1 is 0.521 bits per heavy atom. The summed E-state index contributed by atoms with van der Waals surface area (Å²) in [6.07, 6.45) is 51.8. The van der Waals surface area contributed by atoms with E-state index in [-0.39, 0.29) is 0 Å². The summed E-state index contributed by atoms with van der Waals surface area (Å²) < 4.78 is 0. The number of hydrogen-bond donors (Lipinski definition) is 0. The van der Waals surface area contributed by atoms with Gasteiger partial charge in [-0.2, -0.15) is 0 Å². The molecular weight excluding hydrogens is 581 g/mol. The second kappa shape index (κ2) is 15.2. The summed E-state index contributed by atoms with van der Waals surface area (Å²) in [5, 5.41) is 0. The minimum absolute atomic E-state index is 0.768. The molecule has 0 aromatic rings. The molecule has 0 radical (unpaired) electrons. The van der Waals surface area contributed by atoms with Crippen LogP contribution in [0.1, 0.15) is 186 Å². The van der Waals surface area contributed by atoms with Crippen molar-refractivity contribution in [2.75, 3.05) is 0 Å². The van der Waals surface area contributed by atoms with Crippen molar-refractivity contribution in [3.8, 4) is 0 Å². The zero-order chi connectivity index (χ0) is 31.9. The number of allylic oxidation sites excluding steroid dienone is 1.